The first-order valence-corrected chi connectivity index (χ1v) is 9.50. The number of thiophene rings is 1. The lowest BCUT2D eigenvalue weighted by Gasteiger charge is -2.20. The Morgan fingerprint density at radius 2 is 2.00 bits per heavy atom. The second-order valence-corrected chi connectivity index (χ2v) is 7.68. The molecule has 2 aromatic rings. The van der Waals surface area contributed by atoms with E-state index in [0.717, 1.165) is 39.2 Å². The van der Waals surface area contributed by atoms with Crippen molar-refractivity contribution in [2.45, 2.75) is 6.42 Å². The first-order valence-electron chi connectivity index (χ1n) is 7.80. The third kappa shape index (κ3) is 3.01. The fourth-order valence-corrected chi connectivity index (χ4v) is 4.52. The Balaban J connectivity index is 1.50. The zero-order chi connectivity index (χ0) is 17.4. The van der Waals surface area contributed by atoms with Gasteiger partial charge in [-0.3, -0.25) is 19.3 Å². The molecule has 1 aromatic carbocycles. The number of hydrogen-bond acceptors (Lipinski definition) is 5. The zero-order valence-electron chi connectivity index (χ0n) is 13.2. The molecule has 2 aliphatic heterocycles. The smallest absolute Gasteiger partial charge is 0.294 e. The molecule has 0 spiro atoms. The van der Waals surface area contributed by atoms with Crippen LogP contribution in [0.3, 0.4) is 0 Å². The molecule has 126 valence electrons. The number of para-hydroxylation sites is 1. The lowest BCUT2D eigenvalue weighted by atomic mass is 10.2. The number of anilines is 1. The topological polar surface area (TPSA) is 57.7 Å². The average molecular weight is 370 g/mol. The maximum absolute atomic E-state index is 12.6. The number of fused-ring (bicyclic) bond motifs is 1. The van der Waals surface area contributed by atoms with Crippen LogP contribution in [0.15, 0.2) is 46.7 Å². The second-order valence-electron chi connectivity index (χ2n) is 5.71. The molecular weight excluding hydrogens is 356 g/mol. The lowest BCUT2D eigenvalue weighted by Crippen LogP contribution is -2.41. The van der Waals surface area contributed by atoms with Crippen LogP contribution >= 0.6 is 23.1 Å². The highest BCUT2D eigenvalue weighted by Gasteiger charge is 2.38. The number of thioether (sulfide) groups is 1. The molecule has 0 saturated carbocycles. The third-order valence-electron chi connectivity index (χ3n) is 4.17. The van der Waals surface area contributed by atoms with Crippen LogP contribution in [0.1, 0.15) is 10.4 Å². The second kappa shape index (κ2) is 6.50. The van der Waals surface area contributed by atoms with Crippen molar-refractivity contribution < 1.29 is 14.4 Å². The number of amides is 3. The van der Waals surface area contributed by atoms with Gasteiger partial charge in [0.1, 0.15) is 6.54 Å². The minimum atomic E-state index is -0.399. The van der Waals surface area contributed by atoms with E-state index in [2.05, 4.69) is 0 Å². The highest BCUT2D eigenvalue weighted by atomic mass is 32.2. The summed E-state index contributed by atoms with van der Waals surface area (Å²) in [7, 11) is 0. The number of rotatable bonds is 3. The fraction of sp³-hybridized carbons (Fsp3) is 0.167. The van der Waals surface area contributed by atoms with Crippen molar-refractivity contribution in [3.63, 3.8) is 0 Å². The summed E-state index contributed by atoms with van der Waals surface area (Å²) in [6.45, 7) is 0.361. The molecule has 0 bridgehead atoms. The predicted molar refractivity (Wildman–Crippen MR) is 99.5 cm³/mol. The summed E-state index contributed by atoms with van der Waals surface area (Å²) < 4.78 is 0. The van der Waals surface area contributed by atoms with Crippen LogP contribution < -0.4 is 4.90 Å². The predicted octanol–water partition coefficient (Wildman–Crippen LogP) is 3.37. The highest BCUT2D eigenvalue weighted by molar-refractivity contribution is 8.18. The Morgan fingerprint density at radius 1 is 1.16 bits per heavy atom. The molecule has 1 saturated heterocycles. The normalized spacial score (nSPS) is 18.3. The summed E-state index contributed by atoms with van der Waals surface area (Å²) in [5.41, 5.74) is 1.98. The molecule has 4 rings (SSSR count). The van der Waals surface area contributed by atoms with Crippen molar-refractivity contribution in [2.24, 2.45) is 0 Å². The van der Waals surface area contributed by atoms with Gasteiger partial charge >= 0.3 is 0 Å². The summed E-state index contributed by atoms with van der Waals surface area (Å²) in [5.74, 6) is -0.631. The minimum absolute atomic E-state index is 0.221. The molecule has 3 heterocycles. The van der Waals surface area contributed by atoms with Gasteiger partial charge in [0.15, 0.2) is 0 Å². The van der Waals surface area contributed by atoms with Crippen LogP contribution in [0.25, 0.3) is 6.08 Å². The monoisotopic (exact) mass is 370 g/mol. The van der Waals surface area contributed by atoms with Crippen molar-refractivity contribution >= 4 is 51.9 Å². The quantitative estimate of drug-likeness (QED) is 0.778. The maximum atomic E-state index is 12.6. The van der Waals surface area contributed by atoms with E-state index in [1.54, 1.807) is 11.0 Å². The Hall–Kier alpha value is -2.38. The van der Waals surface area contributed by atoms with Crippen molar-refractivity contribution in [3.05, 3.63) is 57.1 Å². The molecule has 3 amide bonds. The van der Waals surface area contributed by atoms with Gasteiger partial charge in [-0.05, 0) is 47.3 Å². The van der Waals surface area contributed by atoms with E-state index in [0.29, 0.717) is 11.4 Å². The van der Waals surface area contributed by atoms with E-state index >= 15 is 0 Å². The standard InChI is InChI=1S/C18H14N2O3S2/c21-16(19-8-7-12-4-1-2-6-14(12)19)11-20-17(22)15(25-18(20)23)10-13-5-3-9-24-13/h1-6,9-10H,7-8,11H2/b15-10-. The Labute approximate surface area is 152 Å². The Bertz CT molecular complexity index is 889. The maximum Gasteiger partial charge on any atom is 0.294 e. The SMILES string of the molecule is O=C1S/C(=C\c2cccs2)C(=O)N1CC(=O)N1CCc2ccccc21. The van der Waals surface area contributed by atoms with Gasteiger partial charge in [0.2, 0.25) is 5.91 Å². The van der Waals surface area contributed by atoms with Gasteiger partial charge in [-0.25, -0.2) is 0 Å². The number of carbonyl (C=O) groups is 3. The van der Waals surface area contributed by atoms with Gasteiger partial charge in [-0.2, -0.15) is 0 Å². The van der Waals surface area contributed by atoms with Gasteiger partial charge in [-0.15, -0.1) is 11.3 Å². The molecular formula is C18H14N2O3S2. The number of carbonyl (C=O) groups excluding carboxylic acids is 3. The van der Waals surface area contributed by atoms with Crippen LogP contribution in [0.5, 0.6) is 0 Å². The van der Waals surface area contributed by atoms with Gasteiger partial charge in [0.25, 0.3) is 11.1 Å². The average Bonchev–Trinajstić information content (AvgIpc) is 3.32. The van der Waals surface area contributed by atoms with Gasteiger partial charge in [-0.1, -0.05) is 24.3 Å². The number of nitrogens with zero attached hydrogens (tertiary/aromatic N) is 2. The summed E-state index contributed by atoms with van der Waals surface area (Å²) >= 11 is 2.38. The van der Waals surface area contributed by atoms with E-state index in [9.17, 15) is 14.4 Å². The molecule has 2 aliphatic rings. The van der Waals surface area contributed by atoms with E-state index in [4.69, 9.17) is 0 Å². The van der Waals surface area contributed by atoms with Crippen LogP contribution in [0.2, 0.25) is 0 Å². The van der Waals surface area contributed by atoms with E-state index in [1.807, 2.05) is 41.8 Å². The first-order chi connectivity index (χ1) is 12.1. The summed E-state index contributed by atoms with van der Waals surface area (Å²) in [6.07, 6.45) is 2.49. The molecule has 1 aromatic heterocycles. The fourth-order valence-electron chi connectivity index (χ4n) is 2.96. The van der Waals surface area contributed by atoms with Crippen molar-refractivity contribution in [1.29, 1.82) is 0 Å². The van der Waals surface area contributed by atoms with Crippen LogP contribution in [-0.4, -0.2) is 35.0 Å². The molecule has 1 fully saturated rings. The largest absolute Gasteiger partial charge is 0.310 e. The number of benzene rings is 1. The third-order valence-corrected chi connectivity index (χ3v) is 5.90. The van der Waals surface area contributed by atoms with Crippen molar-refractivity contribution in [3.8, 4) is 0 Å². The van der Waals surface area contributed by atoms with Crippen LogP contribution in [-0.2, 0) is 16.0 Å². The lowest BCUT2D eigenvalue weighted by molar-refractivity contribution is -0.128. The van der Waals surface area contributed by atoms with E-state index in [-0.39, 0.29) is 12.5 Å². The number of imide groups is 1. The van der Waals surface area contributed by atoms with Crippen molar-refractivity contribution in [2.75, 3.05) is 18.0 Å². The Kier molecular flexibility index (Phi) is 4.19. The summed E-state index contributed by atoms with van der Waals surface area (Å²) in [6, 6.07) is 11.5. The van der Waals surface area contributed by atoms with Crippen LogP contribution in [0, 0.1) is 0 Å². The van der Waals surface area contributed by atoms with Gasteiger partial charge < -0.3 is 4.90 Å². The number of hydrogen-bond donors (Lipinski definition) is 0. The van der Waals surface area contributed by atoms with Crippen LogP contribution in [0.4, 0.5) is 10.5 Å². The van der Waals surface area contributed by atoms with Gasteiger partial charge in [0.05, 0.1) is 4.91 Å². The first kappa shape index (κ1) is 16.1. The highest BCUT2D eigenvalue weighted by Crippen LogP contribution is 2.33. The molecule has 7 heteroatoms. The molecule has 5 nitrogen and oxygen atoms in total. The molecule has 0 atom stereocenters. The van der Waals surface area contributed by atoms with E-state index in [1.165, 1.54) is 11.3 Å². The van der Waals surface area contributed by atoms with Crippen molar-refractivity contribution in [1.82, 2.24) is 4.90 Å². The Morgan fingerprint density at radius 3 is 2.80 bits per heavy atom. The van der Waals surface area contributed by atoms with E-state index < -0.39 is 11.1 Å². The van der Waals surface area contributed by atoms with Gasteiger partial charge in [0, 0.05) is 17.1 Å². The molecule has 0 aliphatic carbocycles. The molecule has 0 N–H and O–H groups in total. The zero-order valence-corrected chi connectivity index (χ0v) is 14.8. The minimum Gasteiger partial charge on any atom is -0.310 e. The molecule has 0 radical (unpaired) electrons. The summed E-state index contributed by atoms with van der Waals surface area (Å²) in [5, 5.41) is 1.51. The summed E-state index contributed by atoms with van der Waals surface area (Å²) in [4.78, 5) is 41.3. The molecule has 0 unspecified atom stereocenters. The molecule has 25 heavy (non-hydrogen) atoms.